The molecule has 11 nitrogen and oxygen atoms in total. The molecule has 0 bridgehead atoms. The Morgan fingerprint density at radius 1 is 1.21 bits per heavy atom. The number of piperidine rings is 1. The summed E-state index contributed by atoms with van der Waals surface area (Å²) in [5.41, 5.74) is 0.787. The van der Waals surface area contributed by atoms with Crippen LogP contribution in [-0.2, 0) is 27.5 Å². The minimum absolute atomic E-state index is 0.0793. The van der Waals surface area contributed by atoms with Crippen LogP contribution in [0, 0.1) is 5.41 Å². The second kappa shape index (κ2) is 10.4. The Labute approximate surface area is 228 Å². The first kappa shape index (κ1) is 26.2. The average Bonchev–Trinajstić information content (AvgIpc) is 3.19. The molecule has 3 aliphatic rings. The highest BCUT2D eigenvalue weighted by Gasteiger charge is 2.64. The Morgan fingerprint density at radius 2 is 2.03 bits per heavy atom. The lowest BCUT2D eigenvalue weighted by molar-refractivity contribution is -0.138. The summed E-state index contributed by atoms with van der Waals surface area (Å²) in [6, 6.07) is 4.22. The van der Waals surface area contributed by atoms with Gasteiger partial charge >= 0.3 is 0 Å². The number of nitrogens with one attached hydrogen (secondary N) is 2. The van der Waals surface area contributed by atoms with Crippen LogP contribution in [0.4, 0.5) is 5.82 Å². The third-order valence-corrected chi connectivity index (χ3v) is 7.75. The molecule has 2 N–H and O–H groups in total. The Bertz CT molecular complexity index is 1340. The van der Waals surface area contributed by atoms with E-state index in [1.165, 1.54) is 17.7 Å². The van der Waals surface area contributed by atoms with Crippen LogP contribution in [-0.4, -0.2) is 68.4 Å². The van der Waals surface area contributed by atoms with Gasteiger partial charge in [-0.3, -0.25) is 19.2 Å². The third-order valence-electron chi connectivity index (χ3n) is 7.31. The van der Waals surface area contributed by atoms with E-state index in [1.54, 1.807) is 11.0 Å². The number of ketones is 1. The fourth-order valence-electron chi connectivity index (χ4n) is 5.13. The van der Waals surface area contributed by atoms with Crippen molar-refractivity contribution in [3.63, 3.8) is 0 Å². The van der Waals surface area contributed by atoms with Crippen LogP contribution in [0.25, 0.3) is 0 Å². The average molecular weight is 585 g/mol. The number of fused-ring (bicyclic) bond motifs is 5. The van der Waals surface area contributed by atoms with Gasteiger partial charge in [-0.1, -0.05) is 25.1 Å². The van der Waals surface area contributed by atoms with Crippen LogP contribution in [0.2, 0.25) is 0 Å². The van der Waals surface area contributed by atoms with Crippen LogP contribution < -0.4 is 10.6 Å². The number of ether oxygens (including phenoxy) is 1. The quantitative estimate of drug-likeness (QED) is 0.298. The number of amides is 3. The Hall–Kier alpha value is -3.38. The van der Waals surface area contributed by atoms with Crippen LogP contribution in [0.3, 0.4) is 0 Å². The standard InChI is InChI=1S/C26H29BrN6O5/c1-15(34)17-10-18-24(36)28-8-4-3-5-9-38-14-16-6-7-21(27)29-23(16)30-25(37)19-11-26(2)12-20(26)33(19)22(35)13-32(18)31-17/h3,5-7,10,19-20H,4,8-9,11-14H2,1-2H3,(H,28,36)(H,29,30,37)/b5-3-/t19-,20+,26-/m0/s1. The molecule has 2 aromatic rings. The highest BCUT2D eigenvalue weighted by atomic mass is 79.9. The van der Waals surface area contributed by atoms with Crippen LogP contribution in [0.1, 0.15) is 59.7 Å². The minimum atomic E-state index is -0.703. The number of hydrogen-bond donors (Lipinski definition) is 2. The van der Waals surface area contributed by atoms with Gasteiger partial charge in [0.1, 0.15) is 34.4 Å². The first-order valence-electron chi connectivity index (χ1n) is 12.5. The molecule has 0 spiro atoms. The van der Waals surface area contributed by atoms with Gasteiger partial charge in [0.25, 0.3) is 5.91 Å². The molecule has 4 heterocycles. The van der Waals surface area contributed by atoms with Gasteiger partial charge in [-0.2, -0.15) is 5.10 Å². The molecule has 200 valence electrons. The molecule has 1 saturated carbocycles. The summed E-state index contributed by atoms with van der Waals surface area (Å²) in [5, 5.41) is 9.95. The van der Waals surface area contributed by atoms with Crippen LogP contribution in [0.5, 0.6) is 0 Å². The molecule has 0 radical (unpaired) electrons. The van der Waals surface area contributed by atoms with Crippen molar-refractivity contribution in [1.29, 1.82) is 0 Å². The van der Waals surface area contributed by atoms with Gasteiger partial charge in [-0.15, -0.1) is 0 Å². The fourth-order valence-corrected chi connectivity index (χ4v) is 5.44. The summed E-state index contributed by atoms with van der Waals surface area (Å²) in [4.78, 5) is 58.1. The van der Waals surface area contributed by atoms with Gasteiger partial charge in [0.05, 0.1) is 13.2 Å². The van der Waals surface area contributed by atoms with Crippen LogP contribution in [0.15, 0.2) is 35.0 Å². The number of carbonyl (C=O) groups excluding carboxylic acids is 4. The van der Waals surface area contributed by atoms with Gasteiger partial charge in [-0.25, -0.2) is 9.67 Å². The number of Topliss-reactive ketones (excluding diaryl/α,β-unsaturated/α-hetero) is 1. The molecule has 12 heteroatoms. The molecule has 3 amide bonds. The van der Waals surface area contributed by atoms with Crippen molar-refractivity contribution in [3.8, 4) is 0 Å². The maximum atomic E-state index is 13.6. The molecule has 2 aliphatic heterocycles. The van der Waals surface area contributed by atoms with Crippen molar-refractivity contribution in [3.05, 3.63) is 51.9 Å². The van der Waals surface area contributed by atoms with E-state index in [4.69, 9.17) is 4.74 Å². The molecule has 2 fully saturated rings. The smallest absolute Gasteiger partial charge is 0.269 e. The molecule has 5 rings (SSSR count). The summed E-state index contributed by atoms with van der Waals surface area (Å²) < 4.78 is 7.57. The topological polar surface area (TPSA) is 136 Å². The number of nitrogens with zero attached hydrogens (tertiary/aromatic N) is 4. The molecular formula is C26H29BrN6O5. The molecule has 0 unspecified atom stereocenters. The Kier molecular flexibility index (Phi) is 7.19. The predicted octanol–water partition coefficient (Wildman–Crippen LogP) is 2.47. The molecule has 3 atom stereocenters. The van der Waals surface area contributed by atoms with Crippen molar-refractivity contribution in [2.45, 2.75) is 58.3 Å². The summed E-state index contributed by atoms with van der Waals surface area (Å²) in [7, 11) is 0. The SMILES string of the molecule is CC(=O)c1cc2n(n1)CC(=O)N1[C@@H](C[C@@]3(C)C[C@@H]13)C(=O)Nc1nc(Br)ccc1COC/C=C\CCNC2=O. The van der Waals surface area contributed by atoms with E-state index in [0.29, 0.717) is 42.0 Å². The fraction of sp³-hybridized carbons (Fsp3) is 0.462. The van der Waals surface area contributed by atoms with Crippen molar-refractivity contribution in [2.24, 2.45) is 5.41 Å². The third kappa shape index (κ3) is 5.28. The molecule has 1 aliphatic carbocycles. The predicted molar refractivity (Wildman–Crippen MR) is 140 cm³/mol. The molecule has 0 aromatic carbocycles. The number of carbonyl (C=O) groups is 4. The van der Waals surface area contributed by atoms with E-state index >= 15 is 0 Å². The molecule has 2 aromatic heterocycles. The van der Waals surface area contributed by atoms with E-state index in [0.717, 1.165) is 6.42 Å². The van der Waals surface area contributed by atoms with E-state index in [1.807, 2.05) is 18.2 Å². The van der Waals surface area contributed by atoms with Crippen molar-refractivity contribution >= 4 is 45.3 Å². The number of aromatic nitrogens is 3. The largest absolute Gasteiger partial charge is 0.373 e. The summed E-state index contributed by atoms with van der Waals surface area (Å²) in [5.74, 6) is -1.04. The van der Waals surface area contributed by atoms with Crippen molar-refractivity contribution in [2.75, 3.05) is 18.5 Å². The number of anilines is 1. The van der Waals surface area contributed by atoms with Gasteiger partial charge in [0.2, 0.25) is 11.8 Å². The Morgan fingerprint density at radius 3 is 2.82 bits per heavy atom. The second-order valence-electron chi connectivity index (χ2n) is 10.2. The normalized spacial score (nSPS) is 26.9. The van der Waals surface area contributed by atoms with Gasteiger partial charge in [-0.05, 0) is 46.7 Å². The monoisotopic (exact) mass is 584 g/mol. The summed E-state index contributed by atoms with van der Waals surface area (Å²) in [6.07, 6.45) is 5.63. The van der Waals surface area contributed by atoms with E-state index in [2.05, 4.69) is 43.6 Å². The minimum Gasteiger partial charge on any atom is -0.373 e. The van der Waals surface area contributed by atoms with E-state index in [9.17, 15) is 19.2 Å². The summed E-state index contributed by atoms with van der Waals surface area (Å²) >= 11 is 3.36. The summed E-state index contributed by atoms with van der Waals surface area (Å²) in [6.45, 7) is 4.10. The zero-order valence-electron chi connectivity index (χ0n) is 21.2. The van der Waals surface area contributed by atoms with Gasteiger partial charge < -0.3 is 20.3 Å². The highest BCUT2D eigenvalue weighted by Crippen LogP contribution is 2.59. The first-order chi connectivity index (χ1) is 18.2. The molecule has 38 heavy (non-hydrogen) atoms. The highest BCUT2D eigenvalue weighted by molar-refractivity contribution is 9.10. The van der Waals surface area contributed by atoms with Crippen molar-refractivity contribution in [1.82, 2.24) is 25.0 Å². The molecular weight excluding hydrogens is 556 g/mol. The lowest BCUT2D eigenvalue weighted by Crippen LogP contribution is -2.47. The second-order valence-corrected chi connectivity index (χ2v) is 11.0. The zero-order valence-corrected chi connectivity index (χ0v) is 22.8. The number of hydrogen-bond acceptors (Lipinski definition) is 7. The maximum absolute atomic E-state index is 13.6. The maximum Gasteiger partial charge on any atom is 0.269 e. The number of pyridine rings is 1. The van der Waals surface area contributed by atoms with E-state index in [-0.39, 0.29) is 53.6 Å². The zero-order chi connectivity index (χ0) is 27.0. The molecule has 1 saturated heterocycles. The first-order valence-corrected chi connectivity index (χ1v) is 13.3. The van der Waals surface area contributed by atoms with Crippen molar-refractivity contribution < 1.29 is 23.9 Å². The lowest BCUT2D eigenvalue weighted by atomic mass is 10.0. The van der Waals surface area contributed by atoms with E-state index < -0.39 is 11.9 Å². The number of halogens is 1. The number of rotatable bonds is 1. The lowest BCUT2D eigenvalue weighted by Gasteiger charge is -2.27. The Balaban J connectivity index is 1.47. The van der Waals surface area contributed by atoms with Gasteiger partial charge in [0, 0.05) is 31.1 Å². The van der Waals surface area contributed by atoms with Gasteiger partial charge in [0.15, 0.2) is 5.78 Å². The van der Waals surface area contributed by atoms with Crippen LogP contribution >= 0.6 is 15.9 Å².